The zero-order chi connectivity index (χ0) is 23.5. The minimum atomic E-state index is -0.538. The summed E-state index contributed by atoms with van der Waals surface area (Å²) in [6, 6.07) is 11.7. The Balaban J connectivity index is 1.94. The fourth-order valence-electron chi connectivity index (χ4n) is 2.55. The number of carbonyl (C=O) groups is 3. The van der Waals surface area contributed by atoms with Crippen LogP contribution in [0.25, 0.3) is 6.08 Å². The summed E-state index contributed by atoms with van der Waals surface area (Å²) < 4.78 is 15.6. The highest BCUT2D eigenvalue weighted by molar-refractivity contribution is 6.02. The van der Waals surface area contributed by atoms with Crippen molar-refractivity contribution >= 4 is 29.5 Å². The summed E-state index contributed by atoms with van der Waals surface area (Å²) in [4.78, 5) is 35.3. The highest BCUT2D eigenvalue weighted by atomic mass is 16.5. The molecule has 2 aromatic rings. The second kappa shape index (κ2) is 12.1. The van der Waals surface area contributed by atoms with Crippen molar-refractivity contribution in [3.63, 3.8) is 0 Å². The average Bonchev–Trinajstić information content (AvgIpc) is 2.80. The number of esters is 1. The van der Waals surface area contributed by atoms with E-state index in [1.54, 1.807) is 43.5 Å². The molecule has 0 aliphatic carbocycles. The molecule has 0 spiro atoms. The van der Waals surface area contributed by atoms with E-state index >= 15 is 0 Å². The minimum Gasteiger partial charge on any atom is -0.493 e. The highest BCUT2D eigenvalue weighted by Crippen LogP contribution is 2.29. The van der Waals surface area contributed by atoms with Gasteiger partial charge >= 0.3 is 5.97 Å². The number of ether oxygens (including phenoxy) is 3. The van der Waals surface area contributed by atoms with Crippen LogP contribution in [0.4, 0.5) is 5.69 Å². The van der Waals surface area contributed by atoms with Crippen LogP contribution in [-0.2, 0) is 14.3 Å². The normalized spacial score (nSPS) is 10.7. The zero-order valence-corrected chi connectivity index (χ0v) is 18.6. The number of nitrogens with one attached hydrogen (secondary N) is 2. The number of methoxy groups -OCH3 is 2. The summed E-state index contributed by atoms with van der Waals surface area (Å²) in [6.45, 7) is 4.50. The van der Waals surface area contributed by atoms with Gasteiger partial charge in [0.25, 0.3) is 5.91 Å². The largest absolute Gasteiger partial charge is 0.493 e. The second-order valence-electron chi connectivity index (χ2n) is 7.27. The van der Waals surface area contributed by atoms with Crippen molar-refractivity contribution in [2.75, 3.05) is 32.7 Å². The molecule has 0 radical (unpaired) electrons. The Labute approximate surface area is 187 Å². The van der Waals surface area contributed by atoms with Crippen LogP contribution in [0.3, 0.4) is 0 Å². The number of carbonyl (C=O) groups excluding carboxylic acids is 3. The van der Waals surface area contributed by atoms with Crippen molar-refractivity contribution < 1.29 is 28.6 Å². The fourth-order valence-corrected chi connectivity index (χ4v) is 2.55. The molecule has 0 unspecified atom stereocenters. The zero-order valence-electron chi connectivity index (χ0n) is 18.6. The lowest BCUT2D eigenvalue weighted by Crippen LogP contribution is -2.30. The number of hydrogen-bond donors (Lipinski definition) is 2. The third-order valence-corrected chi connectivity index (χ3v) is 4.22. The molecule has 8 heteroatoms. The maximum absolute atomic E-state index is 12.2. The fraction of sp³-hybridized carbons (Fsp3) is 0.292. The van der Waals surface area contributed by atoms with E-state index in [1.165, 1.54) is 13.2 Å². The SMILES string of the molecule is COC(=O)CNC(=O)c1ccc(NC(=O)/C=C/c2ccc(OCC(C)C)c(OC)c2)cc1. The molecule has 0 aliphatic rings. The van der Waals surface area contributed by atoms with E-state index in [9.17, 15) is 14.4 Å². The molecule has 2 N–H and O–H groups in total. The molecule has 32 heavy (non-hydrogen) atoms. The van der Waals surface area contributed by atoms with E-state index in [-0.39, 0.29) is 12.5 Å². The van der Waals surface area contributed by atoms with E-state index < -0.39 is 11.9 Å². The summed E-state index contributed by atoms with van der Waals surface area (Å²) in [5.41, 5.74) is 1.67. The van der Waals surface area contributed by atoms with Gasteiger partial charge in [-0.05, 0) is 54.0 Å². The first-order chi connectivity index (χ1) is 15.3. The molecule has 2 rings (SSSR count). The molecule has 0 bridgehead atoms. The quantitative estimate of drug-likeness (QED) is 0.434. The van der Waals surface area contributed by atoms with E-state index in [1.807, 2.05) is 12.1 Å². The van der Waals surface area contributed by atoms with Gasteiger partial charge in [0, 0.05) is 17.3 Å². The molecule has 0 aliphatic heterocycles. The second-order valence-corrected chi connectivity index (χ2v) is 7.27. The van der Waals surface area contributed by atoms with Gasteiger partial charge in [0.05, 0.1) is 20.8 Å². The molecule has 0 saturated carbocycles. The maximum atomic E-state index is 12.2. The van der Waals surface area contributed by atoms with Crippen LogP contribution in [0.5, 0.6) is 11.5 Å². The minimum absolute atomic E-state index is 0.214. The van der Waals surface area contributed by atoms with Crippen LogP contribution in [-0.4, -0.2) is 45.2 Å². The van der Waals surface area contributed by atoms with E-state index in [0.29, 0.717) is 35.3 Å². The van der Waals surface area contributed by atoms with Crippen LogP contribution in [0.15, 0.2) is 48.5 Å². The van der Waals surface area contributed by atoms with Crippen LogP contribution in [0.2, 0.25) is 0 Å². The lowest BCUT2D eigenvalue weighted by Gasteiger charge is -2.12. The molecule has 0 heterocycles. The highest BCUT2D eigenvalue weighted by Gasteiger charge is 2.09. The Morgan fingerprint density at radius 1 is 1.00 bits per heavy atom. The van der Waals surface area contributed by atoms with Crippen molar-refractivity contribution in [2.45, 2.75) is 13.8 Å². The molecule has 2 aromatic carbocycles. The van der Waals surface area contributed by atoms with Gasteiger partial charge in [-0.15, -0.1) is 0 Å². The number of hydrogen-bond acceptors (Lipinski definition) is 6. The number of amides is 2. The number of rotatable bonds is 10. The summed E-state index contributed by atoms with van der Waals surface area (Å²) in [6.07, 6.45) is 3.07. The Hall–Kier alpha value is -3.81. The van der Waals surface area contributed by atoms with Crippen LogP contribution in [0.1, 0.15) is 29.8 Å². The molecule has 170 valence electrons. The van der Waals surface area contributed by atoms with Crippen LogP contribution >= 0.6 is 0 Å². The predicted molar refractivity (Wildman–Crippen MR) is 122 cm³/mol. The molecular weight excluding hydrogens is 412 g/mol. The Morgan fingerprint density at radius 3 is 2.34 bits per heavy atom. The van der Waals surface area contributed by atoms with Gasteiger partial charge < -0.3 is 24.8 Å². The molecule has 0 atom stereocenters. The smallest absolute Gasteiger partial charge is 0.325 e. The summed E-state index contributed by atoms with van der Waals surface area (Å²) in [7, 11) is 2.81. The number of anilines is 1. The van der Waals surface area contributed by atoms with Gasteiger partial charge in [-0.2, -0.15) is 0 Å². The maximum Gasteiger partial charge on any atom is 0.325 e. The monoisotopic (exact) mass is 440 g/mol. The first kappa shape index (κ1) is 24.5. The van der Waals surface area contributed by atoms with Crippen molar-refractivity contribution in [3.8, 4) is 11.5 Å². The van der Waals surface area contributed by atoms with E-state index in [0.717, 1.165) is 5.56 Å². The van der Waals surface area contributed by atoms with Gasteiger partial charge in [-0.3, -0.25) is 14.4 Å². The topological polar surface area (TPSA) is 103 Å². The van der Waals surface area contributed by atoms with Crippen molar-refractivity contribution in [3.05, 3.63) is 59.7 Å². The van der Waals surface area contributed by atoms with Crippen LogP contribution in [0, 0.1) is 5.92 Å². The van der Waals surface area contributed by atoms with Gasteiger partial charge in [0.15, 0.2) is 11.5 Å². The van der Waals surface area contributed by atoms with E-state index in [2.05, 4.69) is 29.2 Å². The van der Waals surface area contributed by atoms with Crippen molar-refractivity contribution in [2.24, 2.45) is 5.92 Å². The lowest BCUT2D eigenvalue weighted by atomic mass is 10.1. The van der Waals surface area contributed by atoms with Crippen molar-refractivity contribution in [1.29, 1.82) is 0 Å². The summed E-state index contributed by atoms with van der Waals surface area (Å²) >= 11 is 0. The molecule has 0 aromatic heterocycles. The van der Waals surface area contributed by atoms with E-state index in [4.69, 9.17) is 9.47 Å². The molecule has 0 fully saturated rings. The number of benzene rings is 2. The summed E-state index contributed by atoms with van der Waals surface area (Å²) in [5.74, 6) is 0.360. The molecular formula is C24H28N2O6. The summed E-state index contributed by atoms with van der Waals surface area (Å²) in [5, 5.41) is 5.17. The Bertz CT molecular complexity index is 967. The average molecular weight is 440 g/mol. The Kier molecular flexibility index (Phi) is 9.28. The molecule has 2 amide bonds. The van der Waals surface area contributed by atoms with Gasteiger partial charge in [-0.1, -0.05) is 19.9 Å². The first-order valence-electron chi connectivity index (χ1n) is 10.1. The molecule has 8 nitrogen and oxygen atoms in total. The van der Waals surface area contributed by atoms with Crippen LogP contribution < -0.4 is 20.1 Å². The van der Waals surface area contributed by atoms with Crippen molar-refractivity contribution in [1.82, 2.24) is 5.32 Å². The Morgan fingerprint density at radius 2 is 1.72 bits per heavy atom. The first-order valence-corrected chi connectivity index (χ1v) is 10.1. The van der Waals surface area contributed by atoms with Gasteiger partial charge in [0.2, 0.25) is 5.91 Å². The molecule has 0 saturated heterocycles. The standard InChI is InChI=1S/C24H28N2O6/c1-16(2)15-32-20-11-5-17(13-21(20)30-3)6-12-22(27)26-19-9-7-18(8-10-19)24(29)25-14-23(28)31-4/h5-13,16H,14-15H2,1-4H3,(H,25,29)(H,26,27)/b12-6+. The van der Waals surface area contributed by atoms with Gasteiger partial charge in [0.1, 0.15) is 6.54 Å². The predicted octanol–water partition coefficient (Wildman–Crippen LogP) is 3.28. The lowest BCUT2D eigenvalue weighted by molar-refractivity contribution is -0.139. The third kappa shape index (κ3) is 7.79. The van der Waals surface area contributed by atoms with Gasteiger partial charge in [-0.25, -0.2) is 0 Å². The third-order valence-electron chi connectivity index (χ3n) is 4.22.